The van der Waals surface area contributed by atoms with Crippen molar-refractivity contribution < 1.29 is 23.5 Å². The topological polar surface area (TPSA) is 115 Å². The molecule has 11 nitrogen and oxygen atoms in total. The molecule has 3 aliphatic rings. The largest absolute Gasteiger partial charge is 0.462 e. The van der Waals surface area contributed by atoms with Crippen LogP contribution in [0.2, 0.25) is 0 Å². The highest BCUT2D eigenvalue weighted by Gasteiger charge is 2.37. The van der Waals surface area contributed by atoms with Crippen LogP contribution in [0.15, 0.2) is 12.4 Å². The fraction of sp³-hybridized carbons (Fsp3) is 0.654. The van der Waals surface area contributed by atoms with Crippen molar-refractivity contribution in [2.45, 2.75) is 70.8 Å². The summed E-state index contributed by atoms with van der Waals surface area (Å²) in [7, 11) is 2.07. The summed E-state index contributed by atoms with van der Waals surface area (Å²) in [5, 5.41) is 9.37. The number of likely N-dealkylation sites (N-methyl/N-ethyl adjacent to an activating group) is 1. The third-order valence-electron chi connectivity index (χ3n) is 7.07. The molecule has 0 aromatic carbocycles. The Balaban J connectivity index is 1.61. The molecule has 1 aromatic rings. The van der Waals surface area contributed by atoms with E-state index in [4.69, 9.17) is 14.5 Å². The average molecular weight is 530 g/mol. The molecular formula is C26H36FN7O4. The van der Waals surface area contributed by atoms with Gasteiger partial charge in [-0.3, -0.25) is 9.69 Å². The highest BCUT2D eigenvalue weighted by Crippen LogP contribution is 2.34. The lowest BCUT2D eigenvalue weighted by atomic mass is 10.1. The zero-order valence-corrected chi connectivity index (χ0v) is 22.6. The minimum absolute atomic E-state index is 0.0319. The number of fused-ring (bicyclic) bond motifs is 1. The Bertz CT molecular complexity index is 1130. The van der Waals surface area contributed by atoms with Gasteiger partial charge in [-0.2, -0.15) is 15.2 Å². The Morgan fingerprint density at radius 1 is 1.18 bits per heavy atom. The molecule has 2 amide bonds. The fourth-order valence-corrected chi connectivity index (χ4v) is 5.11. The Hall–Kier alpha value is -3.46. The Kier molecular flexibility index (Phi) is 8.06. The van der Waals surface area contributed by atoms with E-state index < -0.39 is 29.5 Å². The normalized spacial score (nSPS) is 21.7. The van der Waals surface area contributed by atoms with Crippen LogP contribution in [0.4, 0.5) is 15.0 Å². The van der Waals surface area contributed by atoms with E-state index in [0.717, 1.165) is 24.9 Å². The number of carbonyl (C=O) groups excluding carboxylic acids is 2. The van der Waals surface area contributed by atoms with Gasteiger partial charge in [-0.1, -0.05) is 6.58 Å². The van der Waals surface area contributed by atoms with Gasteiger partial charge >= 0.3 is 12.1 Å². The molecule has 0 unspecified atom stereocenters. The van der Waals surface area contributed by atoms with Crippen LogP contribution in [0.5, 0.6) is 6.01 Å². The number of ether oxygens (including phenoxy) is 2. The maximum absolute atomic E-state index is 13.7. The molecule has 206 valence electrons. The second-order valence-electron chi connectivity index (χ2n) is 11.0. The van der Waals surface area contributed by atoms with Crippen molar-refractivity contribution in [3.05, 3.63) is 23.7 Å². The maximum atomic E-state index is 13.7. The van der Waals surface area contributed by atoms with Gasteiger partial charge < -0.3 is 24.2 Å². The molecule has 0 N–H and O–H groups in total. The Morgan fingerprint density at radius 2 is 1.95 bits per heavy atom. The molecule has 12 heteroatoms. The molecule has 4 heterocycles. The zero-order chi connectivity index (χ0) is 27.6. The number of nitriles is 1. The quantitative estimate of drug-likeness (QED) is 0.513. The highest BCUT2D eigenvalue weighted by molar-refractivity contribution is 5.91. The van der Waals surface area contributed by atoms with Gasteiger partial charge in [0.15, 0.2) is 5.83 Å². The molecule has 3 aliphatic heterocycles. The second kappa shape index (κ2) is 11.1. The first kappa shape index (κ1) is 27.6. The summed E-state index contributed by atoms with van der Waals surface area (Å²) in [5.41, 5.74) is 0.796. The number of likely N-dealkylation sites (tertiary alicyclic amines) is 1. The predicted molar refractivity (Wildman–Crippen MR) is 137 cm³/mol. The lowest BCUT2D eigenvalue weighted by Gasteiger charge is -2.41. The number of carbonyl (C=O) groups is 2. The predicted octanol–water partition coefficient (Wildman–Crippen LogP) is 2.61. The van der Waals surface area contributed by atoms with Crippen molar-refractivity contribution in [3.8, 4) is 12.1 Å². The standard InChI is InChI=1S/C26H36FN7O4/c1-17(27)23(35)34-12-11-32(13-18(34)8-9-28)22-20-14-33(25(36)38-26(2,3)4)15-21(20)29-24(30-22)37-16-19-7-6-10-31(19)5/h18-19H,1,6-8,10-16H2,2-5H3/t18-,19-/m0/s1. The van der Waals surface area contributed by atoms with E-state index in [0.29, 0.717) is 24.7 Å². The molecule has 2 saturated heterocycles. The number of rotatable bonds is 6. The van der Waals surface area contributed by atoms with Gasteiger partial charge in [-0.15, -0.1) is 0 Å². The summed E-state index contributed by atoms with van der Waals surface area (Å²) in [5.74, 6) is -1.27. The van der Waals surface area contributed by atoms with Crippen molar-refractivity contribution >= 4 is 17.8 Å². The first-order valence-corrected chi connectivity index (χ1v) is 12.9. The van der Waals surface area contributed by atoms with Gasteiger partial charge in [0.25, 0.3) is 5.91 Å². The SMILES string of the molecule is C=C(F)C(=O)N1CCN(c2nc(OC[C@@H]3CCCN3C)nc3c2CN(C(=O)OC(C)(C)C)C3)C[C@@H]1CC#N. The first-order valence-electron chi connectivity index (χ1n) is 12.9. The monoisotopic (exact) mass is 529 g/mol. The minimum atomic E-state index is -1.05. The molecular weight excluding hydrogens is 493 g/mol. The summed E-state index contributed by atoms with van der Waals surface area (Å²) in [6, 6.07) is 2.04. The smallest absolute Gasteiger partial charge is 0.410 e. The van der Waals surface area contributed by atoms with E-state index in [1.807, 2.05) is 25.7 Å². The Labute approximate surface area is 222 Å². The molecule has 0 aliphatic carbocycles. The third kappa shape index (κ3) is 6.15. The van der Waals surface area contributed by atoms with E-state index in [2.05, 4.69) is 29.6 Å². The number of nitrogens with zero attached hydrogens (tertiary/aromatic N) is 7. The van der Waals surface area contributed by atoms with Crippen LogP contribution in [0.25, 0.3) is 0 Å². The van der Waals surface area contributed by atoms with Gasteiger partial charge in [0, 0.05) is 31.2 Å². The van der Waals surface area contributed by atoms with Crippen molar-refractivity contribution in [3.63, 3.8) is 0 Å². The van der Waals surface area contributed by atoms with Gasteiger partial charge in [-0.25, -0.2) is 9.18 Å². The van der Waals surface area contributed by atoms with Crippen molar-refractivity contribution in [2.24, 2.45) is 0 Å². The molecule has 2 atom stereocenters. The van der Waals surface area contributed by atoms with Crippen LogP contribution in [-0.4, -0.2) is 94.2 Å². The van der Waals surface area contributed by atoms with Crippen LogP contribution >= 0.6 is 0 Å². The summed E-state index contributed by atoms with van der Waals surface area (Å²) in [6.07, 6.45) is 1.73. The molecule has 0 radical (unpaired) electrons. The van der Waals surface area contributed by atoms with Crippen LogP contribution in [0.1, 0.15) is 51.3 Å². The second-order valence-corrected chi connectivity index (χ2v) is 11.0. The van der Waals surface area contributed by atoms with E-state index in [1.54, 1.807) is 4.90 Å². The maximum Gasteiger partial charge on any atom is 0.410 e. The molecule has 2 fully saturated rings. The third-order valence-corrected chi connectivity index (χ3v) is 7.07. The average Bonchev–Trinajstić information content (AvgIpc) is 3.46. The Morgan fingerprint density at radius 3 is 2.58 bits per heavy atom. The number of piperazine rings is 1. The summed E-state index contributed by atoms with van der Waals surface area (Å²) in [4.78, 5) is 41.7. The summed E-state index contributed by atoms with van der Waals surface area (Å²) >= 11 is 0. The van der Waals surface area contributed by atoms with Crippen LogP contribution in [-0.2, 0) is 22.6 Å². The lowest BCUT2D eigenvalue weighted by molar-refractivity contribution is -0.131. The molecule has 0 saturated carbocycles. The number of hydrogen-bond acceptors (Lipinski definition) is 9. The molecule has 0 bridgehead atoms. The van der Waals surface area contributed by atoms with Crippen LogP contribution in [0.3, 0.4) is 0 Å². The van der Waals surface area contributed by atoms with Crippen molar-refractivity contribution in [2.75, 3.05) is 44.7 Å². The van der Waals surface area contributed by atoms with Gasteiger partial charge in [0.05, 0.1) is 37.3 Å². The van der Waals surface area contributed by atoms with E-state index >= 15 is 0 Å². The molecule has 4 rings (SSSR count). The van der Waals surface area contributed by atoms with Crippen LogP contribution in [0, 0.1) is 11.3 Å². The van der Waals surface area contributed by atoms with Crippen molar-refractivity contribution in [1.82, 2.24) is 24.7 Å². The highest BCUT2D eigenvalue weighted by atomic mass is 19.1. The minimum Gasteiger partial charge on any atom is -0.462 e. The number of anilines is 1. The van der Waals surface area contributed by atoms with E-state index in [9.17, 15) is 19.2 Å². The van der Waals surface area contributed by atoms with Gasteiger partial charge in [-0.05, 0) is 47.2 Å². The number of halogens is 1. The molecule has 0 spiro atoms. The lowest BCUT2D eigenvalue weighted by Crippen LogP contribution is -2.55. The summed E-state index contributed by atoms with van der Waals surface area (Å²) in [6.45, 7) is 11.4. The van der Waals surface area contributed by atoms with Crippen molar-refractivity contribution in [1.29, 1.82) is 5.26 Å². The zero-order valence-electron chi connectivity index (χ0n) is 22.6. The number of aromatic nitrogens is 2. The summed E-state index contributed by atoms with van der Waals surface area (Å²) < 4.78 is 25.3. The van der Waals surface area contributed by atoms with Crippen LogP contribution < -0.4 is 9.64 Å². The van der Waals surface area contributed by atoms with E-state index in [-0.39, 0.29) is 44.7 Å². The fourth-order valence-electron chi connectivity index (χ4n) is 5.11. The van der Waals surface area contributed by atoms with Gasteiger partial charge in [0.1, 0.15) is 18.0 Å². The number of hydrogen-bond donors (Lipinski definition) is 0. The molecule has 38 heavy (non-hydrogen) atoms. The molecule has 1 aromatic heterocycles. The van der Waals surface area contributed by atoms with Gasteiger partial charge in [0.2, 0.25) is 0 Å². The number of amides is 2. The van der Waals surface area contributed by atoms with E-state index in [1.165, 1.54) is 4.90 Å². The first-order chi connectivity index (χ1) is 18.0.